The highest BCUT2D eigenvalue weighted by Gasteiger charge is 2.30. The molecule has 0 aliphatic carbocycles. The molecule has 128 valence electrons. The zero-order valence-electron chi connectivity index (χ0n) is 13.6. The molecule has 0 heterocycles. The fourth-order valence-corrected chi connectivity index (χ4v) is 0.909. The highest BCUT2D eigenvalue weighted by atomic mass is 19.4. The molecule has 1 aromatic rings. The molecule has 22 heavy (non-hydrogen) atoms. The molecule has 1 rings (SSSR count). The fraction of sp³-hybridized carbons (Fsp3) is 0.533. The van der Waals surface area contributed by atoms with Gasteiger partial charge in [-0.3, -0.25) is 5.32 Å². The molecule has 0 fully saturated rings. The number of methoxy groups -OCH3 is 1. The zero-order chi connectivity index (χ0) is 17.6. The standard InChI is InChI=1S/C9H8F3NO3.C4H10.C2H6/c1-15-8(14)13-6-2-4-7(5-3-6)16-9(10,11)12;1-3-4-2;1-2/h2-5H,1H3,(H,13,14);3-4H2,1-2H3;1-2H3. The summed E-state index contributed by atoms with van der Waals surface area (Å²) in [5, 5.41) is 2.28. The Morgan fingerprint density at radius 1 is 1.09 bits per heavy atom. The second kappa shape index (κ2) is 12.8. The molecule has 0 radical (unpaired) electrons. The Bertz CT molecular complexity index is 390. The van der Waals surface area contributed by atoms with Crippen molar-refractivity contribution in [1.82, 2.24) is 0 Å². The number of carbonyl (C=O) groups is 1. The smallest absolute Gasteiger partial charge is 0.453 e. The Morgan fingerprint density at radius 2 is 1.55 bits per heavy atom. The summed E-state index contributed by atoms with van der Waals surface area (Å²) in [6.45, 7) is 8.36. The van der Waals surface area contributed by atoms with Crippen LogP contribution in [0.2, 0.25) is 0 Å². The van der Waals surface area contributed by atoms with E-state index in [1.165, 1.54) is 32.1 Å². The van der Waals surface area contributed by atoms with Gasteiger partial charge >= 0.3 is 12.5 Å². The first-order valence-corrected chi connectivity index (χ1v) is 7.03. The van der Waals surface area contributed by atoms with Gasteiger partial charge in [0, 0.05) is 5.69 Å². The first-order chi connectivity index (χ1) is 10.3. The maximum absolute atomic E-state index is 11.8. The van der Waals surface area contributed by atoms with Crippen molar-refractivity contribution in [3.8, 4) is 5.75 Å². The molecular weight excluding hydrogens is 299 g/mol. The normalized spacial score (nSPS) is 9.45. The van der Waals surface area contributed by atoms with Crippen molar-refractivity contribution < 1.29 is 27.4 Å². The van der Waals surface area contributed by atoms with Gasteiger partial charge in [-0.05, 0) is 24.3 Å². The lowest BCUT2D eigenvalue weighted by atomic mass is 10.3. The van der Waals surface area contributed by atoms with Crippen molar-refractivity contribution in [1.29, 1.82) is 0 Å². The van der Waals surface area contributed by atoms with E-state index in [0.717, 1.165) is 12.1 Å². The molecule has 7 heteroatoms. The first-order valence-electron chi connectivity index (χ1n) is 7.03. The number of hydrogen-bond acceptors (Lipinski definition) is 3. The third-order valence-electron chi connectivity index (χ3n) is 2.02. The molecule has 0 saturated carbocycles. The Morgan fingerprint density at radius 3 is 1.86 bits per heavy atom. The van der Waals surface area contributed by atoms with E-state index in [0.29, 0.717) is 5.69 Å². The number of rotatable bonds is 3. The molecule has 0 unspecified atom stereocenters. The largest absolute Gasteiger partial charge is 0.573 e. The van der Waals surface area contributed by atoms with Crippen molar-refractivity contribution in [3.63, 3.8) is 0 Å². The van der Waals surface area contributed by atoms with E-state index in [-0.39, 0.29) is 5.75 Å². The Kier molecular flexibility index (Phi) is 13.0. The van der Waals surface area contributed by atoms with E-state index in [2.05, 4.69) is 28.6 Å². The van der Waals surface area contributed by atoms with Gasteiger partial charge in [0.25, 0.3) is 0 Å². The van der Waals surface area contributed by atoms with Crippen LogP contribution >= 0.6 is 0 Å². The summed E-state index contributed by atoms with van der Waals surface area (Å²) >= 11 is 0. The molecule has 0 aliphatic heterocycles. The minimum atomic E-state index is -4.72. The van der Waals surface area contributed by atoms with E-state index < -0.39 is 12.5 Å². The topological polar surface area (TPSA) is 47.6 Å². The maximum atomic E-state index is 11.8. The van der Waals surface area contributed by atoms with Crippen molar-refractivity contribution in [2.75, 3.05) is 12.4 Å². The van der Waals surface area contributed by atoms with Gasteiger partial charge in [0.05, 0.1) is 7.11 Å². The summed E-state index contributed by atoms with van der Waals surface area (Å²) in [6.07, 6.45) is -2.79. The minimum absolute atomic E-state index is 0.307. The van der Waals surface area contributed by atoms with E-state index in [4.69, 9.17) is 0 Å². The van der Waals surface area contributed by atoms with Crippen LogP contribution in [0.3, 0.4) is 0 Å². The van der Waals surface area contributed by atoms with Crippen LogP contribution < -0.4 is 10.1 Å². The maximum Gasteiger partial charge on any atom is 0.573 e. The third-order valence-corrected chi connectivity index (χ3v) is 2.02. The fourth-order valence-electron chi connectivity index (χ4n) is 0.909. The van der Waals surface area contributed by atoms with Crippen molar-refractivity contribution in [2.45, 2.75) is 46.9 Å². The predicted molar refractivity (Wildman–Crippen MR) is 81.1 cm³/mol. The highest BCUT2D eigenvalue weighted by molar-refractivity contribution is 5.84. The van der Waals surface area contributed by atoms with Crippen LogP contribution in [0.5, 0.6) is 5.75 Å². The van der Waals surface area contributed by atoms with E-state index >= 15 is 0 Å². The van der Waals surface area contributed by atoms with Crippen LogP contribution in [0.15, 0.2) is 24.3 Å². The average molecular weight is 323 g/mol. The molecule has 0 atom stereocenters. The quantitative estimate of drug-likeness (QED) is 0.788. The lowest BCUT2D eigenvalue weighted by Gasteiger charge is -2.09. The summed E-state index contributed by atoms with van der Waals surface area (Å²) in [5.74, 6) is -0.358. The van der Waals surface area contributed by atoms with E-state index in [9.17, 15) is 18.0 Å². The Hall–Kier alpha value is -1.92. The van der Waals surface area contributed by atoms with Gasteiger partial charge in [0.2, 0.25) is 0 Å². The Labute approximate surface area is 129 Å². The second-order valence-corrected chi connectivity index (χ2v) is 3.69. The molecule has 1 N–H and O–H groups in total. The number of anilines is 1. The monoisotopic (exact) mass is 323 g/mol. The van der Waals surface area contributed by atoms with Gasteiger partial charge in [-0.15, -0.1) is 13.2 Å². The lowest BCUT2D eigenvalue weighted by Crippen LogP contribution is -2.17. The summed E-state index contributed by atoms with van der Waals surface area (Å²) in [7, 11) is 1.18. The van der Waals surface area contributed by atoms with Gasteiger partial charge in [-0.25, -0.2) is 4.79 Å². The summed E-state index contributed by atoms with van der Waals surface area (Å²) in [4.78, 5) is 10.8. The molecular formula is C15H24F3NO3. The molecule has 0 bridgehead atoms. The van der Waals surface area contributed by atoms with Gasteiger partial charge < -0.3 is 9.47 Å². The number of carbonyl (C=O) groups excluding carboxylic acids is 1. The molecule has 4 nitrogen and oxygen atoms in total. The molecule has 0 spiro atoms. The molecule has 1 amide bonds. The number of unbranched alkanes of at least 4 members (excludes halogenated alkanes) is 1. The SMILES string of the molecule is CC.CCCC.COC(=O)Nc1ccc(OC(F)(F)F)cc1. The number of ether oxygens (including phenoxy) is 2. The van der Waals surface area contributed by atoms with E-state index in [1.54, 1.807) is 0 Å². The lowest BCUT2D eigenvalue weighted by molar-refractivity contribution is -0.274. The van der Waals surface area contributed by atoms with Crippen LogP contribution in [0.25, 0.3) is 0 Å². The molecule has 0 aliphatic rings. The van der Waals surface area contributed by atoms with Crippen LogP contribution in [-0.2, 0) is 4.74 Å². The molecule has 0 saturated heterocycles. The summed E-state index contributed by atoms with van der Waals surface area (Å²) < 4.78 is 43.3. The minimum Gasteiger partial charge on any atom is -0.453 e. The van der Waals surface area contributed by atoms with Crippen LogP contribution in [0.1, 0.15) is 40.5 Å². The van der Waals surface area contributed by atoms with Crippen molar-refractivity contribution in [3.05, 3.63) is 24.3 Å². The van der Waals surface area contributed by atoms with Crippen molar-refractivity contribution in [2.24, 2.45) is 0 Å². The Balaban J connectivity index is 0. The highest BCUT2D eigenvalue weighted by Crippen LogP contribution is 2.23. The van der Waals surface area contributed by atoms with Gasteiger partial charge in [-0.1, -0.05) is 40.5 Å². The van der Waals surface area contributed by atoms with Crippen LogP contribution in [-0.4, -0.2) is 19.6 Å². The van der Waals surface area contributed by atoms with Crippen LogP contribution in [0, 0.1) is 0 Å². The summed E-state index contributed by atoms with van der Waals surface area (Å²) in [6, 6.07) is 4.69. The second-order valence-electron chi connectivity index (χ2n) is 3.69. The van der Waals surface area contributed by atoms with Crippen molar-refractivity contribution >= 4 is 11.8 Å². The number of alkyl halides is 3. The number of nitrogens with one attached hydrogen (secondary N) is 1. The molecule has 0 aromatic heterocycles. The predicted octanol–water partition coefficient (Wildman–Crippen LogP) is 5.60. The number of hydrogen-bond donors (Lipinski definition) is 1. The first kappa shape index (κ1) is 22.4. The molecule has 1 aromatic carbocycles. The average Bonchev–Trinajstić information content (AvgIpc) is 2.50. The van der Waals surface area contributed by atoms with E-state index in [1.807, 2.05) is 13.8 Å². The van der Waals surface area contributed by atoms with Gasteiger partial charge in [-0.2, -0.15) is 0 Å². The number of benzene rings is 1. The van der Waals surface area contributed by atoms with Crippen LogP contribution in [0.4, 0.5) is 23.7 Å². The number of amides is 1. The third kappa shape index (κ3) is 13.1. The zero-order valence-corrected chi connectivity index (χ0v) is 13.6. The number of halogens is 3. The van der Waals surface area contributed by atoms with Gasteiger partial charge in [0.15, 0.2) is 0 Å². The van der Waals surface area contributed by atoms with Gasteiger partial charge in [0.1, 0.15) is 5.75 Å². The summed E-state index contributed by atoms with van der Waals surface area (Å²) in [5.41, 5.74) is 0.307.